The highest BCUT2D eigenvalue weighted by Crippen LogP contribution is 2.31. The van der Waals surface area contributed by atoms with Crippen LogP contribution < -0.4 is 5.73 Å². The summed E-state index contributed by atoms with van der Waals surface area (Å²) in [4.78, 5) is 13.7. The van der Waals surface area contributed by atoms with Crippen LogP contribution in [0.4, 0.5) is 13.2 Å². The van der Waals surface area contributed by atoms with Crippen LogP contribution in [0.5, 0.6) is 0 Å². The molecule has 0 radical (unpaired) electrons. The minimum Gasteiger partial charge on any atom is -0.364 e. The lowest BCUT2D eigenvalue weighted by atomic mass is 10.3. The molecular weight excluding hydrogens is 312 g/mol. The van der Waals surface area contributed by atoms with Crippen LogP contribution in [0.15, 0.2) is 12.1 Å². The molecule has 0 aromatic carbocycles. The molecule has 76 valence electrons. The summed E-state index contributed by atoms with van der Waals surface area (Å²) in [7, 11) is 0. The van der Waals surface area contributed by atoms with E-state index in [1.54, 1.807) is 0 Å². The summed E-state index contributed by atoms with van der Waals surface area (Å²) in [6, 6.07) is 2.30. The topological polar surface area (TPSA) is 56.0 Å². The van der Waals surface area contributed by atoms with Crippen molar-refractivity contribution >= 4 is 28.5 Å². The van der Waals surface area contributed by atoms with Crippen molar-refractivity contribution < 1.29 is 18.0 Å². The van der Waals surface area contributed by atoms with E-state index >= 15 is 0 Å². The van der Waals surface area contributed by atoms with Crippen LogP contribution in [-0.2, 0) is 6.18 Å². The first kappa shape index (κ1) is 11.2. The number of primary amides is 1. The quantitative estimate of drug-likeness (QED) is 0.803. The van der Waals surface area contributed by atoms with Gasteiger partial charge in [-0.2, -0.15) is 13.2 Å². The SMILES string of the molecule is NC(=O)c1ccc(I)c(C(F)(F)F)n1. The molecule has 2 N–H and O–H groups in total. The normalized spacial score (nSPS) is 11.4. The predicted molar refractivity (Wildman–Crippen MR) is 50.5 cm³/mol. The average Bonchev–Trinajstić information content (AvgIpc) is 2.02. The monoisotopic (exact) mass is 316 g/mol. The molecule has 0 atom stereocenters. The fourth-order valence-electron chi connectivity index (χ4n) is 0.778. The van der Waals surface area contributed by atoms with E-state index in [1.807, 2.05) is 0 Å². The minimum absolute atomic E-state index is 0.0694. The Balaban J connectivity index is 3.29. The van der Waals surface area contributed by atoms with Crippen LogP contribution in [0.25, 0.3) is 0 Å². The van der Waals surface area contributed by atoms with Crippen molar-refractivity contribution in [1.82, 2.24) is 4.98 Å². The molecule has 0 aliphatic carbocycles. The number of pyridine rings is 1. The molecule has 1 rings (SSSR count). The number of alkyl halides is 3. The summed E-state index contributed by atoms with van der Waals surface area (Å²) >= 11 is 1.49. The van der Waals surface area contributed by atoms with Crippen molar-refractivity contribution in [2.45, 2.75) is 6.18 Å². The molecule has 0 fully saturated rings. The molecule has 0 unspecified atom stereocenters. The highest BCUT2D eigenvalue weighted by molar-refractivity contribution is 14.1. The van der Waals surface area contributed by atoms with Crippen molar-refractivity contribution in [1.29, 1.82) is 0 Å². The summed E-state index contributed by atoms with van der Waals surface area (Å²) in [5.41, 5.74) is 3.33. The Morgan fingerprint density at radius 2 is 2.00 bits per heavy atom. The standard InChI is InChI=1S/C7H4F3IN2O/c8-7(9,10)5-3(11)1-2-4(13-5)6(12)14/h1-2H,(H2,12,14). The number of aromatic nitrogens is 1. The van der Waals surface area contributed by atoms with Crippen molar-refractivity contribution in [3.8, 4) is 0 Å². The van der Waals surface area contributed by atoms with Crippen molar-refractivity contribution in [3.63, 3.8) is 0 Å². The van der Waals surface area contributed by atoms with Gasteiger partial charge in [0.05, 0.1) is 0 Å². The molecule has 0 aliphatic rings. The van der Waals surface area contributed by atoms with Crippen LogP contribution >= 0.6 is 22.6 Å². The van der Waals surface area contributed by atoms with E-state index in [0.717, 1.165) is 12.1 Å². The van der Waals surface area contributed by atoms with Gasteiger partial charge >= 0.3 is 6.18 Å². The Hall–Kier alpha value is -0.860. The second-order valence-electron chi connectivity index (χ2n) is 2.39. The van der Waals surface area contributed by atoms with Gasteiger partial charge in [0.25, 0.3) is 5.91 Å². The molecule has 14 heavy (non-hydrogen) atoms. The van der Waals surface area contributed by atoms with Gasteiger partial charge in [-0.05, 0) is 34.7 Å². The first-order valence-corrected chi connectivity index (χ1v) is 4.44. The average molecular weight is 316 g/mol. The van der Waals surface area contributed by atoms with Gasteiger partial charge in [-0.15, -0.1) is 0 Å². The molecule has 0 aliphatic heterocycles. The first-order valence-electron chi connectivity index (χ1n) is 3.36. The predicted octanol–water partition coefficient (Wildman–Crippen LogP) is 1.80. The highest BCUT2D eigenvalue weighted by atomic mass is 127. The van der Waals surface area contributed by atoms with Crippen LogP contribution in [0.1, 0.15) is 16.2 Å². The number of nitrogens with zero attached hydrogens (tertiary/aromatic N) is 1. The number of hydrogen-bond acceptors (Lipinski definition) is 2. The van der Waals surface area contributed by atoms with E-state index in [-0.39, 0.29) is 3.57 Å². The van der Waals surface area contributed by atoms with E-state index in [0.29, 0.717) is 0 Å². The highest BCUT2D eigenvalue weighted by Gasteiger charge is 2.35. The van der Waals surface area contributed by atoms with E-state index < -0.39 is 23.5 Å². The number of rotatable bonds is 1. The Kier molecular flexibility index (Phi) is 2.98. The number of carbonyl (C=O) groups excluding carboxylic acids is 1. The lowest BCUT2D eigenvalue weighted by Crippen LogP contribution is -2.18. The second-order valence-corrected chi connectivity index (χ2v) is 3.55. The third-order valence-corrected chi connectivity index (χ3v) is 2.24. The molecule has 7 heteroatoms. The van der Waals surface area contributed by atoms with Crippen LogP contribution in [-0.4, -0.2) is 10.9 Å². The fourth-order valence-corrected chi connectivity index (χ4v) is 1.38. The van der Waals surface area contributed by atoms with Crippen LogP contribution in [0, 0.1) is 3.57 Å². The maximum atomic E-state index is 12.3. The van der Waals surface area contributed by atoms with Gasteiger partial charge in [0.1, 0.15) is 5.69 Å². The lowest BCUT2D eigenvalue weighted by Gasteiger charge is -2.08. The smallest absolute Gasteiger partial charge is 0.364 e. The third-order valence-electron chi connectivity index (χ3n) is 1.37. The largest absolute Gasteiger partial charge is 0.434 e. The molecule has 0 saturated carbocycles. The van der Waals surface area contributed by atoms with Gasteiger partial charge in [0, 0.05) is 3.57 Å². The van der Waals surface area contributed by atoms with Gasteiger partial charge < -0.3 is 5.73 Å². The van der Waals surface area contributed by atoms with Crippen molar-refractivity contribution in [2.75, 3.05) is 0 Å². The first-order chi connectivity index (χ1) is 6.32. The molecular formula is C7H4F3IN2O. The number of amides is 1. The number of halogens is 4. The van der Waals surface area contributed by atoms with Gasteiger partial charge in [0.2, 0.25) is 0 Å². The zero-order chi connectivity index (χ0) is 10.9. The summed E-state index contributed by atoms with van der Waals surface area (Å²) in [5, 5.41) is 0. The summed E-state index contributed by atoms with van der Waals surface area (Å²) in [5.74, 6) is -0.980. The van der Waals surface area contributed by atoms with E-state index in [1.165, 1.54) is 22.6 Å². The Morgan fingerprint density at radius 3 is 2.43 bits per heavy atom. The number of nitrogens with two attached hydrogens (primary N) is 1. The number of carbonyl (C=O) groups is 1. The van der Waals surface area contributed by atoms with E-state index in [4.69, 9.17) is 5.73 Å². The Labute approximate surface area is 90.6 Å². The zero-order valence-corrected chi connectivity index (χ0v) is 8.76. The van der Waals surface area contributed by atoms with E-state index in [9.17, 15) is 18.0 Å². The van der Waals surface area contributed by atoms with Gasteiger partial charge in [-0.25, -0.2) is 4.98 Å². The van der Waals surface area contributed by atoms with Crippen molar-refractivity contribution in [2.24, 2.45) is 5.73 Å². The molecule has 3 nitrogen and oxygen atoms in total. The summed E-state index contributed by atoms with van der Waals surface area (Å²) in [6.07, 6.45) is -4.57. The molecule has 0 saturated heterocycles. The second kappa shape index (κ2) is 3.71. The number of hydrogen-bond donors (Lipinski definition) is 1. The summed E-state index contributed by atoms with van der Waals surface area (Å²) in [6.45, 7) is 0. The van der Waals surface area contributed by atoms with Gasteiger partial charge in [0.15, 0.2) is 5.69 Å². The lowest BCUT2D eigenvalue weighted by molar-refractivity contribution is -0.141. The summed E-state index contributed by atoms with van der Waals surface area (Å²) < 4.78 is 36.7. The maximum Gasteiger partial charge on any atom is 0.434 e. The van der Waals surface area contributed by atoms with E-state index in [2.05, 4.69) is 4.98 Å². The molecule has 1 aromatic heterocycles. The third kappa shape index (κ3) is 2.34. The molecule has 0 spiro atoms. The Bertz CT molecular complexity index is 378. The fraction of sp³-hybridized carbons (Fsp3) is 0.143. The maximum absolute atomic E-state index is 12.3. The van der Waals surface area contributed by atoms with Crippen molar-refractivity contribution in [3.05, 3.63) is 27.1 Å². The molecule has 1 heterocycles. The van der Waals surface area contributed by atoms with Gasteiger partial charge in [-0.1, -0.05) is 0 Å². The van der Waals surface area contributed by atoms with Crippen LogP contribution in [0.3, 0.4) is 0 Å². The Morgan fingerprint density at radius 1 is 1.43 bits per heavy atom. The molecule has 1 aromatic rings. The zero-order valence-electron chi connectivity index (χ0n) is 6.60. The van der Waals surface area contributed by atoms with Gasteiger partial charge in [-0.3, -0.25) is 4.79 Å². The minimum atomic E-state index is -4.57. The van der Waals surface area contributed by atoms with Crippen LogP contribution in [0.2, 0.25) is 0 Å². The molecule has 0 bridgehead atoms. The molecule has 1 amide bonds.